The molecule has 9 heteroatoms. The van der Waals surface area contributed by atoms with Gasteiger partial charge in [-0.1, -0.05) is 23.7 Å². The first kappa shape index (κ1) is 23.6. The summed E-state index contributed by atoms with van der Waals surface area (Å²) in [4.78, 5) is 19.1. The van der Waals surface area contributed by atoms with E-state index in [2.05, 4.69) is 24.0 Å². The maximum atomic E-state index is 12.8. The molecule has 0 bridgehead atoms. The average molecular weight is 487 g/mol. The van der Waals surface area contributed by atoms with Gasteiger partial charge in [-0.3, -0.25) is 14.4 Å². The Kier molecular flexibility index (Phi) is 6.44. The van der Waals surface area contributed by atoms with Crippen molar-refractivity contribution >= 4 is 34.6 Å². The monoisotopic (exact) mass is 486 g/mol. The smallest absolute Gasteiger partial charge is 0.308 e. The van der Waals surface area contributed by atoms with Crippen molar-refractivity contribution in [3.8, 4) is 5.00 Å². The van der Waals surface area contributed by atoms with Crippen LogP contribution in [-0.4, -0.2) is 39.2 Å². The lowest BCUT2D eigenvalue weighted by molar-refractivity contribution is -0.155. The first-order valence-corrected chi connectivity index (χ1v) is 11.9. The molecule has 1 aliphatic heterocycles. The Balaban J connectivity index is 1.93. The van der Waals surface area contributed by atoms with E-state index in [1.807, 2.05) is 49.6 Å². The number of methoxy groups -OCH3 is 1. The summed E-state index contributed by atoms with van der Waals surface area (Å²) in [6.07, 6.45) is 0.0481. The number of thiophene rings is 1. The van der Waals surface area contributed by atoms with Crippen LogP contribution >= 0.6 is 22.9 Å². The van der Waals surface area contributed by atoms with Crippen LogP contribution < -0.4 is 0 Å². The van der Waals surface area contributed by atoms with Crippen molar-refractivity contribution in [1.82, 2.24) is 14.8 Å². The SMILES string of the molecule is COCc1nnc2n1-c1sc(C)c(C)c1C(c1ccc(Cl)cc1)=N[C@H]2CC(=O)OC(C)(C)C. The van der Waals surface area contributed by atoms with Gasteiger partial charge in [0.15, 0.2) is 11.6 Å². The molecule has 7 nitrogen and oxygen atoms in total. The lowest BCUT2D eigenvalue weighted by atomic mass is 9.99. The van der Waals surface area contributed by atoms with Gasteiger partial charge in [-0.2, -0.15) is 0 Å². The highest BCUT2D eigenvalue weighted by Gasteiger charge is 2.34. The number of aryl methyl sites for hydroxylation is 1. The molecule has 0 aliphatic carbocycles. The van der Waals surface area contributed by atoms with E-state index in [9.17, 15) is 4.79 Å². The molecule has 0 amide bonds. The quantitative estimate of drug-likeness (QED) is 0.453. The van der Waals surface area contributed by atoms with Crippen LogP contribution in [0.15, 0.2) is 29.3 Å². The second-order valence-electron chi connectivity index (χ2n) is 9.00. The predicted molar refractivity (Wildman–Crippen MR) is 130 cm³/mol. The number of hydrogen-bond donors (Lipinski definition) is 0. The molecule has 0 saturated heterocycles. The minimum absolute atomic E-state index is 0.0481. The number of aromatic nitrogens is 3. The topological polar surface area (TPSA) is 78.6 Å². The number of halogens is 1. The summed E-state index contributed by atoms with van der Waals surface area (Å²) in [6, 6.07) is 7.02. The van der Waals surface area contributed by atoms with Crippen LogP contribution in [0.1, 0.15) is 66.5 Å². The zero-order valence-electron chi connectivity index (χ0n) is 19.6. The number of fused-ring (bicyclic) bond motifs is 3. The Morgan fingerprint density at radius 2 is 1.88 bits per heavy atom. The van der Waals surface area contributed by atoms with E-state index in [1.165, 1.54) is 4.88 Å². The van der Waals surface area contributed by atoms with Gasteiger partial charge in [0.25, 0.3) is 0 Å². The predicted octanol–water partition coefficient (Wildman–Crippen LogP) is 5.37. The fraction of sp³-hybridized carbons (Fsp3) is 0.417. The summed E-state index contributed by atoms with van der Waals surface area (Å²) in [6.45, 7) is 10.0. The van der Waals surface area contributed by atoms with Crippen LogP contribution in [0.2, 0.25) is 5.02 Å². The molecule has 0 unspecified atom stereocenters. The van der Waals surface area contributed by atoms with Gasteiger partial charge in [0.2, 0.25) is 0 Å². The average Bonchev–Trinajstić information content (AvgIpc) is 3.22. The Hall–Kier alpha value is -2.55. The molecule has 33 heavy (non-hydrogen) atoms. The molecule has 0 fully saturated rings. The van der Waals surface area contributed by atoms with Gasteiger partial charge in [0, 0.05) is 28.1 Å². The van der Waals surface area contributed by atoms with Gasteiger partial charge in [-0.15, -0.1) is 21.5 Å². The zero-order valence-corrected chi connectivity index (χ0v) is 21.2. The molecule has 1 aromatic carbocycles. The number of rotatable bonds is 5. The molecule has 2 aromatic heterocycles. The fourth-order valence-electron chi connectivity index (χ4n) is 3.82. The van der Waals surface area contributed by atoms with Crippen LogP contribution in [0.3, 0.4) is 0 Å². The van der Waals surface area contributed by atoms with E-state index in [0.717, 1.165) is 27.4 Å². The van der Waals surface area contributed by atoms with Crippen molar-refractivity contribution in [3.63, 3.8) is 0 Å². The first-order chi connectivity index (χ1) is 15.6. The van der Waals surface area contributed by atoms with Crippen LogP contribution in [0.5, 0.6) is 0 Å². The van der Waals surface area contributed by atoms with E-state index in [-0.39, 0.29) is 19.0 Å². The van der Waals surface area contributed by atoms with Crippen molar-refractivity contribution < 1.29 is 14.3 Å². The number of carbonyl (C=O) groups excluding carboxylic acids is 1. The van der Waals surface area contributed by atoms with Crippen molar-refractivity contribution in [2.75, 3.05) is 7.11 Å². The zero-order chi connectivity index (χ0) is 23.9. The number of hydrogen-bond acceptors (Lipinski definition) is 7. The third kappa shape index (κ3) is 4.74. The Labute approximate surface area is 202 Å². The minimum Gasteiger partial charge on any atom is -0.460 e. The maximum Gasteiger partial charge on any atom is 0.308 e. The third-order valence-corrected chi connectivity index (χ3v) is 6.76. The summed E-state index contributed by atoms with van der Waals surface area (Å²) >= 11 is 7.81. The highest BCUT2D eigenvalue weighted by molar-refractivity contribution is 7.15. The van der Waals surface area contributed by atoms with Gasteiger partial charge in [-0.05, 0) is 52.3 Å². The maximum absolute atomic E-state index is 12.8. The van der Waals surface area contributed by atoms with Crippen LogP contribution in [-0.2, 0) is 20.9 Å². The molecule has 0 N–H and O–H groups in total. The number of carbonyl (C=O) groups is 1. The number of nitrogens with zero attached hydrogens (tertiary/aromatic N) is 4. The number of esters is 1. The molecule has 3 aromatic rings. The van der Waals surface area contributed by atoms with Gasteiger partial charge < -0.3 is 9.47 Å². The lowest BCUT2D eigenvalue weighted by Gasteiger charge is -2.21. The number of ether oxygens (including phenoxy) is 2. The van der Waals surface area contributed by atoms with E-state index >= 15 is 0 Å². The molecule has 1 aliphatic rings. The Morgan fingerprint density at radius 3 is 2.52 bits per heavy atom. The fourth-order valence-corrected chi connectivity index (χ4v) is 5.13. The van der Waals surface area contributed by atoms with Crippen molar-refractivity contribution in [1.29, 1.82) is 0 Å². The molecular weight excluding hydrogens is 460 g/mol. The highest BCUT2D eigenvalue weighted by Crippen LogP contribution is 2.40. The molecule has 4 rings (SSSR count). The van der Waals surface area contributed by atoms with E-state index in [0.29, 0.717) is 16.7 Å². The molecule has 0 saturated carbocycles. The third-order valence-electron chi connectivity index (χ3n) is 5.32. The Bertz CT molecular complexity index is 1220. The second-order valence-corrected chi connectivity index (χ2v) is 10.6. The molecule has 174 valence electrons. The summed E-state index contributed by atoms with van der Waals surface area (Å²) in [7, 11) is 1.62. The normalized spacial score (nSPS) is 15.5. The molecule has 1 atom stereocenters. The summed E-state index contributed by atoms with van der Waals surface area (Å²) in [5.74, 6) is 0.920. The first-order valence-electron chi connectivity index (χ1n) is 10.7. The van der Waals surface area contributed by atoms with Gasteiger partial charge in [-0.25, -0.2) is 0 Å². The number of aliphatic imine (C=N–C) groups is 1. The van der Waals surface area contributed by atoms with Crippen molar-refractivity contribution in [3.05, 3.63) is 62.5 Å². The van der Waals surface area contributed by atoms with Crippen molar-refractivity contribution in [2.45, 2.75) is 59.3 Å². The van der Waals surface area contributed by atoms with E-state index < -0.39 is 11.6 Å². The second kappa shape index (κ2) is 9.00. The van der Waals surface area contributed by atoms with Crippen LogP contribution in [0.25, 0.3) is 5.00 Å². The number of benzene rings is 1. The van der Waals surface area contributed by atoms with Crippen LogP contribution in [0, 0.1) is 13.8 Å². The standard InChI is InChI=1S/C24H27ClN4O3S/c1-13-14(2)33-23-20(13)21(15-7-9-16(25)10-8-15)26-17(11-19(30)32-24(3,4)5)22-28-27-18(12-31-6)29(22)23/h7-10,17H,11-12H2,1-6H3/t17-/m0/s1. The summed E-state index contributed by atoms with van der Waals surface area (Å²) in [5, 5.41) is 10.4. The van der Waals surface area contributed by atoms with Crippen LogP contribution in [0.4, 0.5) is 0 Å². The lowest BCUT2D eigenvalue weighted by Crippen LogP contribution is -2.25. The van der Waals surface area contributed by atoms with Gasteiger partial charge in [0.05, 0.1) is 12.1 Å². The Morgan fingerprint density at radius 1 is 1.18 bits per heavy atom. The highest BCUT2D eigenvalue weighted by atomic mass is 35.5. The molecule has 3 heterocycles. The van der Waals surface area contributed by atoms with E-state index in [1.54, 1.807) is 18.4 Å². The summed E-state index contributed by atoms with van der Waals surface area (Å²) < 4.78 is 13.0. The van der Waals surface area contributed by atoms with E-state index in [4.69, 9.17) is 26.1 Å². The largest absolute Gasteiger partial charge is 0.460 e. The minimum atomic E-state index is -0.592. The van der Waals surface area contributed by atoms with Gasteiger partial charge in [0.1, 0.15) is 23.3 Å². The van der Waals surface area contributed by atoms with Crippen molar-refractivity contribution in [2.24, 2.45) is 4.99 Å². The van der Waals surface area contributed by atoms with Gasteiger partial charge >= 0.3 is 5.97 Å². The molecule has 0 spiro atoms. The molecular formula is C24H27ClN4O3S. The molecule has 0 radical (unpaired) electrons. The summed E-state index contributed by atoms with van der Waals surface area (Å²) in [5.41, 5.74) is 3.26.